The number of nitrogens with zero attached hydrogens (tertiary/aromatic N) is 2. The molecule has 4 rings (SSSR count). The van der Waals surface area contributed by atoms with E-state index >= 15 is 0 Å². The summed E-state index contributed by atoms with van der Waals surface area (Å²) in [7, 11) is 0. The summed E-state index contributed by atoms with van der Waals surface area (Å²) in [6, 6.07) is 14.1. The molecule has 2 aliphatic rings. The summed E-state index contributed by atoms with van der Waals surface area (Å²) in [5.74, 6) is 0.0904. The Kier molecular flexibility index (Phi) is 4.24. The lowest BCUT2D eigenvalue weighted by Crippen LogP contribution is -2.50. The van der Waals surface area contributed by atoms with Crippen LogP contribution in [0.1, 0.15) is 28.8 Å². The molecule has 0 saturated carbocycles. The average molecular weight is 352 g/mol. The molecule has 6 heteroatoms. The summed E-state index contributed by atoms with van der Waals surface area (Å²) in [5, 5.41) is 9.36. The van der Waals surface area contributed by atoms with E-state index in [9.17, 15) is 14.7 Å². The summed E-state index contributed by atoms with van der Waals surface area (Å²) in [5.41, 5.74) is 2.48. The molecule has 2 aromatic rings. The number of anilines is 1. The maximum atomic E-state index is 12.6. The minimum absolute atomic E-state index is 0.0211. The molecule has 1 N–H and O–H groups in total. The average Bonchev–Trinajstić information content (AvgIpc) is 2.68. The molecular formula is C20H20N2O4. The predicted molar refractivity (Wildman–Crippen MR) is 96.1 cm³/mol. The normalized spacial score (nSPS) is 17.6. The number of cyclic esters (lactones) is 1. The number of rotatable bonds is 2. The van der Waals surface area contributed by atoms with Gasteiger partial charge >= 0.3 is 6.09 Å². The topological polar surface area (TPSA) is 70.1 Å². The van der Waals surface area contributed by atoms with Crippen molar-refractivity contribution < 1.29 is 19.4 Å². The first-order chi connectivity index (χ1) is 12.6. The Labute approximate surface area is 151 Å². The first-order valence-electron chi connectivity index (χ1n) is 8.75. The highest BCUT2D eigenvalue weighted by Gasteiger charge is 2.35. The summed E-state index contributed by atoms with van der Waals surface area (Å²) in [6.45, 7) is 1.47. The fourth-order valence-corrected chi connectivity index (χ4v) is 3.63. The van der Waals surface area contributed by atoms with Gasteiger partial charge < -0.3 is 14.7 Å². The highest BCUT2D eigenvalue weighted by atomic mass is 16.6. The van der Waals surface area contributed by atoms with Gasteiger partial charge in [0.05, 0.1) is 5.69 Å². The second-order valence-corrected chi connectivity index (χ2v) is 6.62. The first-order valence-corrected chi connectivity index (χ1v) is 8.75. The largest absolute Gasteiger partial charge is 0.508 e. The van der Waals surface area contributed by atoms with Crippen LogP contribution in [0.4, 0.5) is 10.5 Å². The summed E-state index contributed by atoms with van der Waals surface area (Å²) in [6.07, 6.45) is 1.09. The standard InChI is InChI=1S/C20H20N2O4/c23-17-7-5-14(6-8-17)19(24)21-11-9-16(10-12-21)22-18-4-2-1-3-15(18)13-26-20(22)25/h1-8,16,23H,9-13H2. The summed E-state index contributed by atoms with van der Waals surface area (Å²) < 4.78 is 5.31. The van der Waals surface area contributed by atoms with Gasteiger partial charge in [-0.1, -0.05) is 18.2 Å². The Morgan fingerprint density at radius 3 is 2.46 bits per heavy atom. The molecule has 6 nitrogen and oxygen atoms in total. The molecule has 0 unspecified atom stereocenters. The fourth-order valence-electron chi connectivity index (χ4n) is 3.63. The third-order valence-corrected chi connectivity index (χ3v) is 5.03. The van der Waals surface area contributed by atoms with Crippen molar-refractivity contribution in [3.8, 4) is 5.75 Å². The van der Waals surface area contributed by atoms with Gasteiger partial charge in [0.15, 0.2) is 0 Å². The Hall–Kier alpha value is -3.02. The van der Waals surface area contributed by atoms with Crippen molar-refractivity contribution in [1.29, 1.82) is 0 Å². The van der Waals surface area contributed by atoms with E-state index in [-0.39, 0.29) is 23.8 Å². The first kappa shape index (κ1) is 16.4. The van der Waals surface area contributed by atoms with Gasteiger partial charge in [-0.05, 0) is 43.2 Å². The number of amides is 2. The van der Waals surface area contributed by atoms with Gasteiger partial charge in [-0.3, -0.25) is 9.69 Å². The van der Waals surface area contributed by atoms with Gasteiger partial charge in [0, 0.05) is 30.3 Å². The van der Waals surface area contributed by atoms with Crippen LogP contribution in [0.3, 0.4) is 0 Å². The highest BCUT2D eigenvalue weighted by Crippen LogP contribution is 2.32. The highest BCUT2D eigenvalue weighted by molar-refractivity contribution is 5.94. The van der Waals surface area contributed by atoms with Crippen molar-refractivity contribution in [1.82, 2.24) is 4.90 Å². The quantitative estimate of drug-likeness (QED) is 0.901. The molecule has 0 aliphatic carbocycles. The molecule has 1 saturated heterocycles. The monoisotopic (exact) mass is 352 g/mol. The van der Waals surface area contributed by atoms with Crippen molar-refractivity contribution in [2.45, 2.75) is 25.5 Å². The number of likely N-dealkylation sites (tertiary alicyclic amines) is 1. The van der Waals surface area contributed by atoms with Crippen LogP contribution in [0, 0.1) is 0 Å². The van der Waals surface area contributed by atoms with Gasteiger partial charge in [-0.15, -0.1) is 0 Å². The molecule has 0 bridgehead atoms. The number of ether oxygens (including phenoxy) is 1. The van der Waals surface area contributed by atoms with E-state index in [1.54, 1.807) is 21.9 Å². The molecule has 0 aromatic heterocycles. The van der Waals surface area contributed by atoms with E-state index < -0.39 is 0 Å². The molecule has 0 atom stereocenters. The minimum Gasteiger partial charge on any atom is -0.508 e. The Morgan fingerprint density at radius 2 is 1.73 bits per heavy atom. The summed E-state index contributed by atoms with van der Waals surface area (Å²) >= 11 is 0. The number of benzene rings is 2. The molecule has 26 heavy (non-hydrogen) atoms. The van der Waals surface area contributed by atoms with Crippen molar-refractivity contribution in [2.24, 2.45) is 0 Å². The Morgan fingerprint density at radius 1 is 1.04 bits per heavy atom. The lowest BCUT2D eigenvalue weighted by Gasteiger charge is -2.40. The number of fused-ring (bicyclic) bond motifs is 1. The van der Waals surface area contributed by atoms with Crippen LogP contribution in [0.5, 0.6) is 5.75 Å². The van der Waals surface area contributed by atoms with Crippen LogP contribution in [-0.2, 0) is 11.3 Å². The van der Waals surface area contributed by atoms with Crippen LogP contribution < -0.4 is 4.90 Å². The third-order valence-electron chi connectivity index (χ3n) is 5.03. The molecule has 2 aromatic carbocycles. The second-order valence-electron chi connectivity index (χ2n) is 6.62. The van der Waals surface area contributed by atoms with E-state index in [4.69, 9.17) is 4.74 Å². The van der Waals surface area contributed by atoms with Crippen LogP contribution in [-0.4, -0.2) is 41.1 Å². The molecule has 134 valence electrons. The third kappa shape index (κ3) is 2.98. The molecule has 2 amide bonds. The Bertz CT molecular complexity index is 826. The Balaban J connectivity index is 1.46. The number of hydrogen-bond acceptors (Lipinski definition) is 4. The molecular weight excluding hydrogens is 332 g/mol. The number of para-hydroxylation sites is 1. The number of aromatic hydroxyl groups is 1. The number of piperidine rings is 1. The van der Waals surface area contributed by atoms with Gasteiger partial charge in [-0.2, -0.15) is 0 Å². The minimum atomic E-state index is -0.313. The van der Waals surface area contributed by atoms with Crippen LogP contribution in [0.15, 0.2) is 48.5 Å². The lowest BCUT2D eigenvalue weighted by molar-refractivity contribution is 0.0708. The zero-order valence-electron chi connectivity index (χ0n) is 14.3. The number of carbonyl (C=O) groups is 2. The van der Waals surface area contributed by atoms with Gasteiger partial charge in [0.25, 0.3) is 5.91 Å². The van der Waals surface area contributed by atoms with Crippen molar-refractivity contribution in [3.05, 3.63) is 59.7 Å². The van der Waals surface area contributed by atoms with Crippen molar-refractivity contribution in [2.75, 3.05) is 18.0 Å². The fraction of sp³-hybridized carbons (Fsp3) is 0.300. The van der Waals surface area contributed by atoms with Gasteiger partial charge in [0.1, 0.15) is 12.4 Å². The number of hydrogen-bond donors (Lipinski definition) is 1. The maximum Gasteiger partial charge on any atom is 0.414 e. The molecule has 2 heterocycles. The van der Waals surface area contributed by atoms with Crippen molar-refractivity contribution in [3.63, 3.8) is 0 Å². The molecule has 1 fully saturated rings. The summed E-state index contributed by atoms with van der Waals surface area (Å²) in [4.78, 5) is 28.5. The van der Waals surface area contributed by atoms with E-state index in [0.29, 0.717) is 38.1 Å². The van der Waals surface area contributed by atoms with Crippen LogP contribution in [0.2, 0.25) is 0 Å². The number of carbonyl (C=O) groups excluding carboxylic acids is 2. The van der Waals surface area contributed by atoms with Crippen LogP contribution >= 0.6 is 0 Å². The zero-order valence-corrected chi connectivity index (χ0v) is 14.3. The lowest BCUT2D eigenvalue weighted by atomic mass is 10.00. The smallest absolute Gasteiger partial charge is 0.414 e. The number of phenols is 1. The SMILES string of the molecule is O=C(c1ccc(O)cc1)N1CCC(N2C(=O)OCc3ccccc32)CC1. The second kappa shape index (κ2) is 6.71. The van der Waals surface area contributed by atoms with Gasteiger partial charge in [0.2, 0.25) is 0 Å². The van der Waals surface area contributed by atoms with E-state index in [1.807, 2.05) is 24.3 Å². The van der Waals surface area contributed by atoms with Gasteiger partial charge in [-0.25, -0.2) is 4.79 Å². The maximum absolute atomic E-state index is 12.6. The van der Waals surface area contributed by atoms with E-state index in [2.05, 4.69) is 0 Å². The number of phenolic OH excluding ortho intramolecular Hbond substituents is 1. The van der Waals surface area contributed by atoms with Crippen molar-refractivity contribution >= 4 is 17.7 Å². The molecule has 2 aliphatic heterocycles. The van der Waals surface area contributed by atoms with E-state index in [0.717, 1.165) is 11.3 Å². The van der Waals surface area contributed by atoms with E-state index in [1.165, 1.54) is 12.1 Å². The predicted octanol–water partition coefficient (Wildman–Crippen LogP) is 3.15. The zero-order chi connectivity index (χ0) is 18.1. The van der Waals surface area contributed by atoms with Crippen LogP contribution in [0.25, 0.3) is 0 Å². The molecule has 0 radical (unpaired) electrons. The molecule has 0 spiro atoms.